The Hall–Kier alpha value is 0.0569. The molecule has 1 aliphatic rings. The lowest BCUT2D eigenvalue weighted by Gasteiger charge is -2.36. The van der Waals surface area contributed by atoms with Crippen LogP contribution in [0.2, 0.25) is 5.54 Å². The summed E-state index contributed by atoms with van der Waals surface area (Å²) in [6.45, 7) is 0.802. The zero-order valence-corrected chi connectivity index (χ0v) is 11.7. The van der Waals surface area contributed by atoms with Gasteiger partial charge in [0.1, 0.15) is 0 Å². The van der Waals surface area contributed by atoms with Crippen LogP contribution in [0, 0.1) is 5.92 Å². The molecule has 5 heteroatoms. The lowest BCUT2D eigenvalue weighted by atomic mass is 9.87. The maximum absolute atomic E-state index is 5.59. The first kappa shape index (κ1) is 14.1. The van der Waals surface area contributed by atoms with Crippen molar-refractivity contribution in [3.63, 3.8) is 0 Å². The van der Waals surface area contributed by atoms with Crippen molar-refractivity contribution < 1.29 is 13.3 Å². The molecule has 0 saturated heterocycles. The Bertz CT molecular complexity index is 183. The molecular weight excluding hydrogens is 222 g/mol. The Morgan fingerprint density at radius 3 is 1.88 bits per heavy atom. The quantitative estimate of drug-likeness (QED) is 0.727. The molecule has 0 bridgehead atoms. The van der Waals surface area contributed by atoms with Gasteiger partial charge in [0.2, 0.25) is 0 Å². The first-order valence-electron chi connectivity index (χ1n) is 6.08. The second-order valence-electron chi connectivity index (χ2n) is 4.51. The van der Waals surface area contributed by atoms with Crippen molar-refractivity contribution in [3.8, 4) is 0 Å². The average Bonchev–Trinajstić information content (AvgIpc) is 2.34. The topological polar surface area (TPSA) is 53.7 Å². The molecule has 0 spiro atoms. The van der Waals surface area contributed by atoms with Gasteiger partial charge in [-0.05, 0) is 31.7 Å². The Balaban J connectivity index is 2.50. The predicted octanol–water partition coefficient (Wildman–Crippen LogP) is 1.77. The molecular formula is C11H25NO3Si. The van der Waals surface area contributed by atoms with Crippen molar-refractivity contribution in [2.45, 2.75) is 37.6 Å². The van der Waals surface area contributed by atoms with Crippen LogP contribution in [0.25, 0.3) is 0 Å². The molecule has 0 unspecified atom stereocenters. The van der Waals surface area contributed by atoms with Crippen LogP contribution in [0.4, 0.5) is 0 Å². The first-order valence-corrected chi connectivity index (χ1v) is 7.88. The van der Waals surface area contributed by atoms with E-state index in [9.17, 15) is 0 Å². The van der Waals surface area contributed by atoms with Crippen LogP contribution in [-0.2, 0) is 13.3 Å². The first-order chi connectivity index (χ1) is 7.72. The van der Waals surface area contributed by atoms with Gasteiger partial charge in [-0.1, -0.05) is 12.8 Å². The lowest BCUT2D eigenvalue weighted by Crippen LogP contribution is -2.48. The highest BCUT2D eigenvalue weighted by Gasteiger charge is 2.48. The summed E-state index contributed by atoms with van der Waals surface area (Å²) in [6, 6.07) is 0. The van der Waals surface area contributed by atoms with Gasteiger partial charge in [0.15, 0.2) is 0 Å². The highest BCUT2D eigenvalue weighted by molar-refractivity contribution is 6.62. The summed E-state index contributed by atoms with van der Waals surface area (Å²) in [5.74, 6) is 0.790. The predicted molar refractivity (Wildman–Crippen MR) is 66.2 cm³/mol. The Kier molecular flexibility index (Phi) is 5.92. The second kappa shape index (κ2) is 6.71. The average molecular weight is 247 g/mol. The number of hydrogen-bond donors (Lipinski definition) is 1. The van der Waals surface area contributed by atoms with Crippen molar-refractivity contribution in [1.29, 1.82) is 0 Å². The van der Waals surface area contributed by atoms with Crippen molar-refractivity contribution >= 4 is 8.80 Å². The maximum Gasteiger partial charge on any atom is 0.503 e. The fourth-order valence-electron chi connectivity index (χ4n) is 2.79. The van der Waals surface area contributed by atoms with E-state index < -0.39 is 8.80 Å². The van der Waals surface area contributed by atoms with E-state index >= 15 is 0 Å². The molecule has 0 aromatic carbocycles. The van der Waals surface area contributed by atoms with Gasteiger partial charge < -0.3 is 19.0 Å². The summed E-state index contributed by atoms with van der Waals surface area (Å²) in [7, 11) is 2.70. The molecule has 1 fully saturated rings. The summed E-state index contributed by atoms with van der Waals surface area (Å²) < 4.78 is 16.6. The van der Waals surface area contributed by atoms with Crippen LogP contribution < -0.4 is 5.73 Å². The van der Waals surface area contributed by atoms with Gasteiger partial charge in [0.25, 0.3) is 0 Å². The molecule has 0 radical (unpaired) electrons. The van der Waals surface area contributed by atoms with Crippen molar-refractivity contribution in [3.05, 3.63) is 0 Å². The third-order valence-corrected chi connectivity index (χ3v) is 7.06. The van der Waals surface area contributed by atoms with Crippen molar-refractivity contribution in [2.24, 2.45) is 11.7 Å². The number of hydrogen-bond acceptors (Lipinski definition) is 4. The van der Waals surface area contributed by atoms with Gasteiger partial charge in [0, 0.05) is 26.9 Å². The molecule has 1 rings (SSSR count). The molecule has 4 nitrogen and oxygen atoms in total. The monoisotopic (exact) mass is 247 g/mol. The largest absolute Gasteiger partial charge is 0.503 e. The molecule has 0 atom stereocenters. The van der Waals surface area contributed by atoms with Gasteiger partial charge >= 0.3 is 8.80 Å². The summed E-state index contributed by atoms with van der Waals surface area (Å²) in [5, 5.41) is 0. The van der Waals surface area contributed by atoms with E-state index in [1.807, 2.05) is 0 Å². The molecule has 96 valence electrons. The molecule has 0 aliphatic heterocycles. The molecule has 1 saturated carbocycles. The molecule has 1 aliphatic carbocycles. The zero-order chi connectivity index (χ0) is 12.0. The summed E-state index contributed by atoms with van der Waals surface area (Å²) in [6.07, 6.45) is 5.90. The molecule has 0 aromatic heterocycles. The zero-order valence-electron chi connectivity index (χ0n) is 10.7. The third-order valence-electron chi connectivity index (χ3n) is 3.78. The van der Waals surface area contributed by atoms with Crippen LogP contribution in [0.5, 0.6) is 0 Å². The van der Waals surface area contributed by atoms with Crippen LogP contribution in [0.3, 0.4) is 0 Å². The fraction of sp³-hybridized carbons (Fsp3) is 1.00. The standard InChI is InChI=1S/C11H25NO3Si/c1-13-16(14-2,15-3)11-6-4-10(5-7-11)8-9-12/h10-11H,4-9,12H2,1-3H3. The number of rotatable bonds is 6. The molecule has 0 aromatic rings. The summed E-state index contributed by atoms with van der Waals surface area (Å²) in [4.78, 5) is 0. The Morgan fingerprint density at radius 1 is 1.00 bits per heavy atom. The minimum absolute atomic E-state index is 0.460. The number of nitrogens with two attached hydrogens (primary N) is 1. The lowest BCUT2D eigenvalue weighted by molar-refractivity contribution is 0.100. The summed E-state index contributed by atoms with van der Waals surface area (Å²) in [5.41, 5.74) is 6.05. The van der Waals surface area contributed by atoms with Gasteiger partial charge in [-0.15, -0.1) is 0 Å². The highest BCUT2D eigenvalue weighted by Crippen LogP contribution is 2.40. The second-order valence-corrected chi connectivity index (χ2v) is 7.76. The minimum Gasteiger partial charge on any atom is -0.377 e. The maximum atomic E-state index is 5.59. The van der Waals surface area contributed by atoms with E-state index in [2.05, 4.69) is 0 Å². The van der Waals surface area contributed by atoms with Crippen LogP contribution in [-0.4, -0.2) is 36.7 Å². The smallest absolute Gasteiger partial charge is 0.377 e. The molecule has 0 amide bonds. The minimum atomic E-state index is -2.40. The van der Waals surface area contributed by atoms with Crippen molar-refractivity contribution in [2.75, 3.05) is 27.9 Å². The van der Waals surface area contributed by atoms with E-state index in [1.54, 1.807) is 21.3 Å². The van der Waals surface area contributed by atoms with Gasteiger partial charge in [-0.25, -0.2) is 0 Å². The third kappa shape index (κ3) is 3.04. The molecule has 16 heavy (non-hydrogen) atoms. The Labute approximate surface area is 99.8 Å². The SMILES string of the molecule is CO[Si](OC)(OC)C1CCC(CCN)CC1. The van der Waals surface area contributed by atoms with E-state index in [0.717, 1.165) is 31.7 Å². The molecule has 0 heterocycles. The van der Waals surface area contributed by atoms with E-state index in [4.69, 9.17) is 19.0 Å². The highest BCUT2D eigenvalue weighted by atomic mass is 28.4. The van der Waals surface area contributed by atoms with Crippen LogP contribution in [0.1, 0.15) is 32.1 Å². The Morgan fingerprint density at radius 2 is 1.50 bits per heavy atom. The molecule has 2 N–H and O–H groups in total. The van der Waals surface area contributed by atoms with Crippen LogP contribution in [0.15, 0.2) is 0 Å². The van der Waals surface area contributed by atoms with Gasteiger partial charge in [-0.3, -0.25) is 0 Å². The van der Waals surface area contributed by atoms with Gasteiger partial charge in [-0.2, -0.15) is 0 Å². The fourth-order valence-corrected chi connectivity index (χ4v) is 5.33. The van der Waals surface area contributed by atoms with E-state index in [1.165, 1.54) is 12.8 Å². The summed E-state index contributed by atoms with van der Waals surface area (Å²) >= 11 is 0. The van der Waals surface area contributed by atoms with Gasteiger partial charge in [0.05, 0.1) is 0 Å². The van der Waals surface area contributed by atoms with E-state index in [-0.39, 0.29) is 0 Å². The van der Waals surface area contributed by atoms with Crippen molar-refractivity contribution in [1.82, 2.24) is 0 Å². The normalized spacial score (nSPS) is 27.0. The van der Waals surface area contributed by atoms with E-state index in [0.29, 0.717) is 5.54 Å². The van der Waals surface area contributed by atoms with Crippen LogP contribution >= 0.6 is 0 Å².